The summed E-state index contributed by atoms with van der Waals surface area (Å²) in [7, 11) is 0. The maximum Gasteiger partial charge on any atom is 0.157 e. The Morgan fingerprint density at radius 2 is 1.08 bits per heavy atom. The van der Waals surface area contributed by atoms with Crippen molar-refractivity contribution in [2.24, 2.45) is 0 Å². The number of nitrogen functional groups attached to an aromatic ring is 1. The van der Waals surface area contributed by atoms with Gasteiger partial charge in [0.25, 0.3) is 0 Å². The molecule has 6 aromatic rings. The van der Waals surface area contributed by atoms with Gasteiger partial charge in [-0.25, -0.2) is 8.78 Å². The summed E-state index contributed by atoms with van der Waals surface area (Å²) in [6.07, 6.45) is 5.40. The van der Waals surface area contributed by atoms with Crippen LogP contribution in [0.5, 0.6) is 11.5 Å². The Morgan fingerprint density at radius 3 is 1.55 bits per heavy atom. The van der Waals surface area contributed by atoms with Crippen LogP contribution in [0, 0.1) is 11.6 Å². The second-order valence-electron chi connectivity index (χ2n) is 17.5. The Kier molecular flexibility index (Phi) is 23.2. The molecule has 0 amide bonds. The highest BCUT2D eigenvalue weighted by molar-refractivity contribution is 6.33. The third kappa shape index (κ3) is 20.0. The van der Waals surface area contributed by atoms with Crippen molar-refractivity contribution in [2.75, 3.05) is 63.7 Å². The van der Waals surface area contributed by atoms with Crippen molar-refractivity contribution in [3.63, 3.8) is 0 Å². The van der Waals surface area contributed by atoms with Crippen molar-refractivity contribution in [1.29, 1.82) is 0 Å². The lowest BCUT2D eigenvalue weighted by Gasteiger charge is -2.30. The van der Waals surface area contributed by atoms with Crippen LogP contribution in [0.3, 0.4) is 0 Å². The number of nitrogens with zero attached hydrogens (tertiary/aromatic N) is 2. The number of benzene rings is 6. The van der Waals surface area contributed by atoms with Crippen molar-refractivity contribution in [3.05, 3.63) is 190 Å². The molecule has 2 aliphatic heterocycles. The van der Waals surface area contributed by atoms with Crippen molar-refractivity contribution in [1.82, 2.24) is 9.80 Å². The zero-order valence-corrected chi connectivity index (χ0v) is 41.4. The number of aromatic hydroxyl groups is 2. The van der Waals surface area contributed by atoms with E-state index in [-0.39, 0.29) is 41.8 Å². The predicted octanol–water partition coefficient (Wildman–Crippen LogP) is 11.9. The summed E-state index contributed by atoms with van der Waals surface area (Å²) < 4.78 is 50.0. The topological polar surface area (TPSA) is 142 Å². The summed E-state index contributed by atoms with van der Waals surface area (Å²) in [5.41, 5.74) is 10.5. The van der Waals surface area contributed by atoms with E-state index in [4.69, 9.17) is 53.0 Å². The number of phenolic OH excluding ortho intramolecular Hbond substituents is 2. The molecule has 8 rings (SSSR count). The van der Waals surface area contributed by atoms with E-state index in [2.05, 4.69) is 39.4 Å². The average molecular weight is 1020 g/mol. The molecule has 11 nitrogen and oxygen atoms in total. The van der Waals surface area contributed by atoms with Crippen LogP contribution in [0.1, 0.15) is 72.9 Å². The maximum atomic E-state index is 13.7. The van der Waals surface area contributed by atoms with Crippen LogP contribution in [-0.2, 0) is 32.0 Å². The van der Waals surface area contributed by atoms with E-state index in [0.717, 1.165) is 63.8 Å². The number of ether oxygens (including phenoxy) is 4. The Balaban J connectivity index is 0.000000202. The van der Waals surface area contributed by atoms with Gasteiger partial charge in [-0.05, 0) is 109 Å². The molecule has 0 radical (unpaired) electrons. The summed E-state index contributed by atoms with van der Waals surface area (Å²) in [4.78, 5) is 4.47. The first-order valence-corrected chi connectivity index (χ1v) is 24.9. The molecule has 0 saturated carbocycles. The normalized spacial score (nSPS) is 16.5. The molecule has 0 bridgehead atoms. The lowest BCUT2D eigenvalue weighted by atomic mass is 10.0. The van der Waals surface area contributed by atoms with Crippen molar-refractivity contribution in [2.45, 2.75) is 76.3 Å². The zero-order chi connectivity index (χ0) is 50.2. The average Bonchev–Trinajstić information content (AvgIpc) is 3.38. The van der Waals surface area contributed by atoms with Gasteiger partial charge in [0.1, 0.15) is 23.1 Å². The molecule has 71 heavy (non-hydrogen) atoms. The molecule has 15 heteroatoms. The van der Waals surface area contributed by atoms with E-state index in [1.165, 1.54) is 53.6 Å². The summed E-state index contributed by atoms with van der Waals surface area (Å²) in [5, 5.41) is 33.4. The van der Waals surface area contributed by atoms with Crippen molar-refractivity contribution >= 4 is 34.6 Å². The number of aliphatic hydroxyl groups excluding tert-OH is 1. The number of rotatable bonds is 20. The van der Waals surface area contributed by atoms with Gasteiger partial charge in [-0.2, -0.15) is 0 Å². The number of halogens is 4. The lowest BCUT2D eigenvalue weighted by molar-refractivity contribution is -0.164. The molecular formula is C56H66Cl2F2N4O7. The van der Waals surface area contributed by atoms with Gasteiger partial charge in [0.15, 0.2) is 12.6 Å². The fraction of sp³-hybridized carbons (Fsp3) is 0.357. The maximum absolute atomic E-state index is 13.7. The van der Waals surface area contributed by atoms with Gasteiger partial charge in [0.2, 0.25) is 0 Å². The Bertz CT molecular complexity index is 2420. The minimum absolute atomic E-state index is 0.103. The first kappa shape index (κ1) is 55.0. The first-order valence-electron chi connectivity index (χ1n) is 24.1. The van der Waals surface area contributed by atoms with Gasteiger partial charge in [-0.1, -0.05) is 108 Å². The molecule has 2 heterocycles. The van der Waals surface area contributed by atoms with Gasteiger partial charge in [-0.3, -0.25) is 9.80 Å². The van der Waals surface area contributed by atoms with E-state index in [1.54, 1.807) is 42.5 Å². The largest absolute Gasteiger partial charge is 0.508 e. The van der Waals surface area contributed by atoms with E-state index >= 15 is 0 Å². The predicted molar refractivity (Wildman–Crippen MR) is 277 cm³/mol. The van der Waals surface area contributed by atoms with Gasteiger partial charge in [-0.15, -0.1) is 0 Å². The number of anilines is 2. The Labute approximate surface area is 426 Å². The highest BCUT2D eigenvalue weighted by Crippen LogP contribution is 2.31. The second-order valence-corrected chi connectivity index (χ2v) is 18.3. The third-order valence-electron chi connectivity index (χ3n) is 11.9. The molecular weight excluding hydrogens is 950 g/mol. The van der Waals surface area contributed by atoms with Gasteiger partial charge in [0, 0.05) is 64.6 Å². The zero-order valence-electron chi connectivity index (χ0n) is 39.9. The Hall–Kier alpha value is -5.32. The third-order valence-corrected chi connectivity index (χ3v) is 12.5. The van der Waals surface area contributed by atoms with Crippen LogP contribution in [0.15, 0.2) is 146 Å². The summed E-state index contributed by atoms with van der Waals surface area (Å²) in [6.45, 7) is 6.55. The molecule has 2 saturated heterocycles. The molecule has 380 valence electrons. The fourth-order valence-electron chi connectivity index (χ4n) is 8.01. The van der Waals surface area contributed by atoms with E-state index in [1.807, 2.05) is 36.4 Å². The second kappa shape index (κ2) is 29.9. The molecule has 2 unspecified atom stereocenters. The monoisotopic (exact) mass is 1010 g/mol. The van der Waals surface area contributed by atoms with Crippen molar-refractivity contribution in [3.8, 4) is 11.5 Å². The Morgan fingerprint density at radius 1 is 0.606 bits per heavy atom. The van der Waals surface area contributed by atoms with Crippen LogP contribution < -0.4 is 11.1 Å². The molecule has 2 fully saturated rings. The van der Waals surface area contributed by atoms with E-state index < -0.39 is 6.10 Å². The molecule has 0 aromatic heterocycles. The number of phenols is 2. The SMILES string of the molecule is Nc1ccc(O)cc1Cl.O[C@@H](CN(CCOC1CCCCO1)Cc1ccccc1)c1ccc(F)cc1.Oc1ccc(N[C@@H](CN(CCOC2CCCCO2)Cc2ccccc2)c2ccc(F)cc2)c(Cl)c1. The molecule has 6 N–H and O–H groups in total. The molecule has 0 aliphatic carbocycles. The summed E-state index contributed by atoms with van der Waals surface area (Å²) >= 11 is 11.9. The van der Waals surface area contributed by atoms with Gasteiger partial charge >= 0.3 is 0 Å². The number of aliphatic hydroxyl groups is 1. The standard InChI is InChI=1S/C28H32ClFN2O3.C22H28FNO3.C6H6ClNO/c29-25-18-24(33)13-14-26(25)31-27(22-9-11-23(30)12-10-22)20-32(19-21-6-2-1-3-7-21)15-17-35-28-8-4-5-16-34-28;23-20-11-9-19(10-12-20)21(25)17-24(16-18-6-2-1-3-7-18)13-15-27-22-8-4-5-14-26-22;7-5-3-4(9)1-2-6(5)8/h1-3,6-7,9-14,18,27-28,31,33H,4-5,8,15-17,19-20H2;1-3,6-7,9-12,21-22,25H,4-5,8,13-17H2;1-3,9H,8H2/t27-,28?;21-,22?;/m00./s1. The number of hydrogen-bond acceptors (Lipinski definition) is 11. The van der Waals surface area contributed by atoms with Crippen LogP contribution in [0.4, 0.5) is 20.2 Å². The summed E-state index contributed by atoms with van der Waals surface area (Å²) in [6, 6.07) is 42.1. The first-order chi connectivity index (χ1) is 34.5. The number of nitrogens with two attached hydrogens (primary N) is 1. The smallest absolute Gasteiger partial charge is 0.157 e. The molecule has 2 aliphatic rings. The van der Waals surface area contributed by atoms with Crippen LogP contribution in [0.25, 0.3) is 0 Å². The summed E-state index contributed by atoms with van der Waals surface area (Å²) in [5.74, 6) is -0.342. The highest BCUT2D eigenvalue weighted by atomic mass is 35.5. The van der Waals surface area contributed by atoms with Crippen LogP contribution >= 0.6 is 23.2 Å². The van der Waals surface area contributed by atoms with Gasteiger partial charge in [0.05, 0.1) is 46.8 Å². The molecule has 0 spiro atoms. The van der Waals surface area contributed by atoms with E-state index in [0.29, 0.717) is 72.9 Å². The van der Waals surface area contributed by atoms with Crippen LogP contribution in [-0.4, -0.2) is 90.3 Å². The number of hydrogen-bond donors (Lipinski definition) is 5. The lowest BCUT2D eigenvalue weighted by Crippen LogP contribution is -2.35. The number of nitrogens with one attached hydrogen (secondary N) is 1. The fourth-order valence-corrected chi connectivity index (χ4v) is 8.42. The van der Waals surface area contributed by atoms with E-state index in [9.17, 15) is 19.0 Å². The van der Waals surface area contributed by atoms with Crippen LogP contribution in [0.2, 0.25) is 10.0 Å². The molecule has 4 atom stereocenters. The molecule has 6 aromatic carbocycles. The minimum atomic E-state index is -0.680. The quantitative estimate of drug-likeness (QED) is 0.0368. The van der Waals surface area contributed by atoms with Crippen molar-refractivity contribution < 1.29 is 43.0 Å². The highest BCUT2D eigenvalue weighted by Gasteiger charge is 2.21. The van der Waals surface area contributed by atoms with Gasteiger partial charge < -0.3 is 45.3 Å². The minimum Gasteiger partial charge on any atom is -0.508 e.